The Labute approximate surface area is 117 Å². The van der Waals surface area contributed by atoms with E-state index in [9.17, 15) is 9.59 Å². The summed E-state index contributed by atoms with van der Waals surface area (Å²) in [5.41, 5.74) is 1.25. The molecule has 0 aliphatic carbocycles. The summed E-state index contributed by atoms with van der Waals surface area (Å²) in [5, 5.41) is 2.72. The van der Waals surface area contributed by atoms with E-state index >= 15 is 0 Å². The number of ether oxygens (including phenoxy) is 1. The summed E-state index contributed by atoms with van der Waals surface area (Å²) in [6.45, 7) is 0. The van der Waals surface area contributed by atoms with Crippen molar-refractivity contribution in [2.24, 2.45) is 0 Å². The smallest absolute Gasteiger partial charge is 0.322 e. The van der Waals surface area contributed by atoms with E-state index in [2.05, 4.69) is 5.32 Å². The molecule has 0 aliphatic rings. The molecule has 4 heteroatoms. The number of hydrogen-bond acceptors (Lipinski definition) is 3. The zero-order valence-corrected chi connectivity index (χ0v) is 11.1. The van der Waals surface area contributed by atoms with E-state index in [4.69, 9.17) is 4.74 Å². The van der Waals surface area contributed by atoms with Gasteiger partial charge in [0.15, 0.2) is 5.92 Å². The summed E-state index contributed by atoms with van der Waals surface area (Å²) in [6, 6.07) is 17.8. The number of rotatable bonds is 4. The SMILES string of the molecule is COC(=O)[C@H](C(=O)Nc1ccccc1)c1ccccc1. The van der Waals surface area contributed by atoms with Gasteiger partial charge in [-0.15, -0.1) is 0 Å². The van der Waals surface area contributed by atoms with Crippen LogP contribution < -0.4 is 5.32 Å². The number of methoxy groups -OCH3 is 1. The number of benzene rings is 2. The minimum Gasteiger partial charge on any atom is -0.468 e. The molecule has 1 atom stereocenters. The highest BCUT2D eigenvalue weighted by Crippen LogP contribution is 2.19. The summed E-state index contributed by atoms with van der Waals surface area (Å²) < 4.78 is 4.73. The van der Waals surface area contributed by atoms with Gasteiger partial charge in [-0.2, -0.15) is 0 Å². The van der Waals surface area contributed by atoms with Crippen molar-refractivity contribution in [3.8, 4) is 0 Å². The molecule has 0 radical (unpaired) electrons. The molecular weight excluding hydrogens is 254 g/mol. The van der Waals surface area contributed by atoms with Crippen LogP contribution in [-0.4, -0.2) is 19.0 Å². The molecular formula is C16H15NO3. The van der Waals surface area contributed by atoms with Crippen LogP contribution >= 0.6 is 0 Å². The molecule has 1 amide bonds. The Morgan fingerprint density at radius 2 is 1.50 bits per heavy atom. The molecule has 2 aromatic rings. The summed E-state index contributed by atoms with van der Waals surface area (Å²) in [5.74, 6) is -1.96. The fourth-order valence-electron chi connectivity index (χ4n) is 1.89. The molecule has 2 rings (SSSR count). The van der Waals surface area contributed by atoms with E-state index in [1.54, 1.807) is 36.4 Å². The lowest BCUT2D eigenvalue weighted by molar-refractivity contribution is -0.145. The first-order valence-corrected chi connectivity index (χ1v) is 6.21. The number of para-hydroxylation sites is 1. The van der Waals surface area contributed by atoms with Crippen molar-refractivity contribution in [2.75, 3.05) is 12.4 Å². The number of amides is 1. The highest BCUT2D eigenvalue weighted by Gasteiger charge is 2.29. The third kappa shape index (κ3) is 3.23. The Morgan fingerprint density at radius 3 is 2.05 bits per heavy atom. The van der Waals surface area contributed by atoms with Crippen LogP contribution in [-0.2, 0) is 14.3 Å². The normalized spacial score (nSPS) is 11.4. The highest BCUT2D eigenvalue weighted by atomic mass is 16.5. The van der Waals surface area contributed by atoms with Gasteiger partial charge in [-0.05, 0) is 17.7 Å². The van der Waals surface area contributed by atoms with Crippen LogP contribution in [0.4, 0.5) is 5.69 Å². The van der Waals surface area contributed by atoms with Gasteiger partial charge in [0.2, 0.25) is 5.91 Å². The maximum atomic E-state index is 12.3. The predicted octanol–water partition coefficient (Wildman–Crippen LogP) is 2.58. The fraction of sp³-hybridized carbons (Fsp3) is 0.125. The zero-order chi connectivity index (χ0) is 14.4. The third-order valence-electron chi connectivity index (χ3n) is 2.87. The van der Waals surface area contributed by atoms with Crippen molar-refractivity contribution in [2.45, 2.75) is 5.92 Å². The number of carbonyl (C=O) groups excluding carboxylic acids is 2. The topological polar surface area (TPSA) is 55.4 Å². The maximum Gasteiger partial charge on any atom is 0.322 e. The summed E-state index contributed by atoms with van der Waals surface area (Å²) in [7, 11) is 1.27. The van der Waals surface area contributed by atoms with Gasteiger partial charge in [0.05, 0.1) is 7.11 Å². The Hall–Kier alpha value is -2.62. The number of carbonyl (C=O) groups is 2. The number of anilines is 1. The van der Waals surface area contributed by atoms with Crippen LogP contribution in [0.15, 0.2) is 60.7 Å². The molecule has 0 unspecified atom stereocenters. The summed E-state index contributed by atoms with van der Waals surface area (Å²) in [4.78, 5) is 24.2. The van der Waals surface area contributed by atoms with Crippen LogP contribution in [0, 0.1) is 0 Å². The van der Waals surface area contributed by atoms with Crippen molar-refractivity contribution in [3.05, 3.63) is 66.2 Å². The molecule has 0 aromatic heterocycles. The molecule has 2 aromatic carbocycles. The Kier molecular flexibility index (Phi) is 4.50. The average Bonchev–Trinajstić information content (AvgIpc) is 2.49. The lowest BCUT2D eigenvalue weighted by Gasteiger charge is -2.15. The Balaban J connectivity index is 2.24. The molecule has 0 saturated heterocycles. The van der Waals surface area contributed by atoms with Gasteiger partial charge in [0, 0.05) is 5.69 Å². The zero-order valence-electron chi connectivity index (χ0n) is 11.1. The summed E-state index contributed by atoms with van der Waals surface area (Å²) >= 11 is 0. The van der Waals surface area contributed by atoms with Gasteiger partial charge >= 0.3 is 5.97 Å². The lowest BCUT2D eigenvalue weighted by Crippen LogP contribution is -2.28. The van der Waals surface area contributed by atoms with Gasteiger partial charge in [-0.3, -0.25) is 9.59 Å². The van der Waals surface area contributed by atoms with Gasteiger partial charge < -0.3 is 10.1 Å². The first kappa shape index (κ1) is 13.8. The highest BCUT2D eigenvalue weighted by molar-refractivity contribution is 6.09. The summed E-state index contributed by atoms with van der Waals surface area (Å²) in [6.07, 6.45) is 0. The van der Waals surface area contributed by atoms with E-state index in [1.165, 1.54) is 7.11 Å². The van der Waals surface area contributed by atoms with Crippen LogP contribution in [0.3, 0.4) is 0 Å². The van der Waals surface area contributed by atoms with Gasteiger partial charge in [-0.1, -0.05) is 48.5 Å². The van der Waals surface area contributed by atoms with Crippen molar-refractivity contribution in [1.29, 1.82) is 0 Å². The van der Waals surface area contributed by atoms with Crippen LogP contribution in [0.1, 0.15) is 11.5 Å². The number of esters is 1. The quantitative estimate of drug-likeness (QED) is 0.685. The van der Waals surface area contributed by atoms with E-state index in [0.29, 0.717) is 11.3 Å². The monoisotopic (exact) mass is 269 g/mol. The molecule has 1 N–H and O–H groups in total. The molecule has 0 fully saturated rings. The van der Waals surface area contributed by atoms with Gasteiger partial charge in [0.1, 0.15) is 0 Å². The molecule has 4 nitrogen and oxygen atoms in total. The largest absolute Gasteiger partial charge is 0.468 e. The first-order chi connectivity index (χ1) is 9.72. The molecule has 102 valence electrons. The second-order valence-corrected chi connectivity index (χ2v) is 4.22. The Bertz CT molecular complexity index is 581. The maximum absolute atomic E-state index is 12.3. The average molecular weight is 269 g/mol. The molecule has 0 spiro atoms. The van der Waals surface area contributed by atoms with Gasteiger partial charge in [0.25, 0.3) is 0 Å². The minimum atomic E-state index is -0.971. The fourth-order valence-corrected chi connectivity index (χ4v) is 1.89. The van der Waals surface area contributed by atoms with Crippen molar-refractivity contribution >= 4 is 17.6 Å². The molecule has 20 heavy (non-hydrogen) atoms. The number of nitrogens with one attached hydrogen (secondary N) is 1. The van der Waals surface area contributed by atoms with Crippen molar-refractivity contribution in [1.82, 2.24) is 0 Å². The number of hydrogen-bond donors (Lipinski definition) is 1. The molecule has 0 aliphatic heterocycles. The van der Waals surface area contributed by atoms with Crippen molar-refractivity contribution < 1.29 is 14.3 Å². The second kappa shape index (κ2) is 6.52. The third-order valence-corrected chi connectivity index (χ3v) is 2.87. The van der Waals surface area contributed by atoms with Crippen LogP contribution in [0.5, 0.6) is 0 Å². The second-order valence-electron chi connectivity index (χ2n) is 4.22. The van der Waals surface area contributed by atoms with E-state index < -0.39 is 17.8 Å². The minimum absolute atomic E-state index is 0.408. The van der Waals surface area contributed by atoms with E-state index in [-0.39, 0.29) is 0 Å². The first-order valence-electron chi connectivity index (χ1n) is 6.21. The predicted molar refractivity (Wildman–Crippen MR) is 76.3 cm³/mol. The van der Waals surface area contributed by atoms with Gasteiger partial charge in [-0.25, -0.2) is 0 Å². The molecule has 0 saturated carbocycles. The standard InChI is InChI=1S/C16H15NO3/c1-20-16(19)14(12-8-4-2-5-9-12)15(18)17-13-10-6-3-7-11-13/h2-11,14H,1H3,(H,17,18)/t14-/m0/s1. The van der Waals surface area contributed by atoms with Crippen LogP contribution in [0.25, 0.3) is 0 Å². The van der Waals surface area contributed by atoms with Crippen molar-refractivity contribution in [3.63, 3.8) is 0 Å². The van der Waals surface area contributed by atoms with E-state index in [0.717, 1.165) is 0 Å². The lowest BCUT2D eigenvalue weighted by atomic mass is 9.98. The Morgan fingerprint density at radius 1 is 0.950 bits per heavy atom. The van der Waals surface area contributed by atoms with Crippen LogP contribution in [0.2, 0.25) is 0 Å². The molecule has 0 heterocycles. The van der Waals surface area contributed by atoms with E-state index in [1.807, 2.05) is 24.3 Å². The molecule has 0 bridgehead atoms.